The summed E-state index contributed by atoms with van der Waals surface area (Å²) in [5.74, 6) is -2.02. The summed E-state index contributed by atoms with van der Waals surface area (Å²) in [6.45, 7) is 6.04. The summed E-state index contributed by atoms with van der Waals surface area (Å²) in [6.07, 6.45) is -3.30. The van der Waals surface area contributed by atoms with Crippen LogP contribution in [0.1, 0.15) is 43.4 Å². The molecule has 1 N–H and O–H groups in total. The van der Waals surface area contributed by atoms with Crippen LogP contribution in [-0.2, 0) is 16.6 Å². The smallest absolute Gasteiger partial charge is 0.372 e. The van der Waals surface area contributed by atoms with Crippen molar-refractivity contribution in [1.82, 2.24) is 4.90 Å². The van der Waals surface area contributed by atoms with Crippen molar-refractivity contribution in [3.05, 3.63) is 61.4 Å². The van der Waals surface area contributed by atoms with Gasteiger partial charge in [0.1, 0.15) is 5.82 Å². The first-order valence-electron chi connectivity index (χ1n) is 11.1. The SMILES string of the molecule is CCN(CC)C1CC(CN2C(=O)C(O)(c3c(F)cccc3Cl)c3c2cc(I)cc3C(F)(F)F)C1. The average Bonchev–Trinajstić information content (AvgIpc) is 2.93. The highest BCUT2D eigenvalue weighted by molar-refractivity contribution is 14.1. The second-order valence-electron chi connectivity index (χ2n) is 8.78. The molecule has 1 amide bonds. The van der Waals surface area contributed by atoms with Crippen LogP contribution >= 0.6 is 34.2 Å². The maximum absolute atomic E-state index is 14.9. The Balaban J connectivity index is 1.82. The van der Waals surface area contributed by atoms with Gasteiger partial charge in [-0.3, -0.25) is 4.79 Å². The van der Waals surface area contributed by atoms with Crippen molar-refractivity contribution in [3.63, 3.8) is 0 Å². The van der Waals surface area contributed by atoms with Gasteiger partial charge in [0.25, 0.3) is 5.91 Å². The third-order valence-electron chi connectivity index (χ3n) is 6.90. The standard InChI is InChI=1S/C24H24ClF4IN2O2/c1-3-31(4-2)15-8-13(9-15)12-32-19-11-14(30)10-16(24(27,28)29)20(19)23(34,22(32)33)21-17(25)6-5-7-18(21)26/h5-7,10-11,13,15,34H,3-4,8-9,12H2,1-2H3. The lowest BCUT2D eigenvalue weighted by Gasteiger charge is -2.43. The van der Waals surface area contributed by atoms with Crippen LogP contribution in [0.25, 0.3) is 0 Å². The average molecular weight is 611 g/mol. The van der Waals surface area contributed by atoms with E-state index in [1.54, 1.807) is 22.6 Å². The normalized spacial score (nSPS) is 24.5. The molecule has 10 heteroatoms. The number of benzene rings is 2. The predicted molar refractivity (Wildman–Crippen MR) is 130 cm³/mol. The Morgan fingerprint density at radius 3 is 2.41 bits per heavy atom. The molecular formula is C24H24ClF4IN2O2. The number of amides is 1. The zero-order valence-corrected chi connectivity index (χ0v) is 21.5. The molecule has 1 aliphatic carbocycles. The van der Waals surface area contributed by atoms with Crippen LogP contribution in [-0.4, -0.2) is 41.6 Å². The number of carbonyl (C=O) groups is 1. The Hall–Kier alpha value is -1.43. The fraction of sp³-hybridized carbons (Fsp3) is 0.458. The zero-order chi connectivity index (χ0) is 25.0. The molecule has 1 aliphatic heterocycles. The van der Waals surface area contributed by atoms with Gasteiger partial charge in [0.15, 0.2) is 0 Å². The van der Waals surface area contributed by atoms with Gasteiger partial charge in [-0.15, -0.1) is 0 Å². The molecule has 0 saturated heterocycles. The van der Waals surface area contributed by atoms with Gasteiger partial charge in [-0.1, -0.05) is 31.5 Å². The number of nitrogens with zero attached hydrogens (tertiary/aromatic N) is 2. The van der Waals surface area contributed by atoms with Gasteiger partial charge in [0, 0.05) is 21.7 Å². The molecular weight excluding hydrogens is 587 g/mol. The third-order valence-corrected chi connectivity index (χ3v) is 7.84. The summed E-state index contributed by atoms with van der Waals surface area (Å²) < 4.78 is 57.5. The summed E-state index contributed by atoms with van der Waals surface area (Å²) in [7, 11) is 0. The number of rotatable bonds is 6. The van der Waals surface area contributed by atoms with Gasteiger partial charge in [-0.05, 0) is 78.7 Å². The number of carbonyl (C=O) groups excluding carboxylic acids is 1. The Bertz CT molecular complexity index is 1100. The van der Waals surface area contributed by atoms with E-state index >= 15 is 0 Å². The Kier molecular flexibility index (Phi) is 6.96. The number of alkyl halides is 3. The van der Waals surface area contributed by atoms with Crippen molar-refractivity contribution in [2.75, 3.05) is 24.5 Å². The van der Waals surface area contributed by atoms with E-state index in [4.69, 9.17) is 11.6 Å². The van der Waals surface area contributed by atoms with Crippen LogP contribution in [0.15, 0.2) is 30.3 Å². The van der Waals surface area contributed by atoms with Crippen molar-refractivity contribution < 1.29 is 27.5 Å². The first-order chi connectivity index (χ1) is 15.9. The molecule has 1 saturated carbocycles. The van der Waals surface area contributed by atoms with E-state index in [0.29, 0.717) is 6.04 Å². The van der Waals surface area contributed by atoms with Crippen LogP contribution in [0, 0.1) is 15.3 Å². The van der Waals surface area contributed by atoms with E-state index in [1.807, 2.05) is 0 Å². The predicted octanol–water partition coefficient (Wildman–Crippen LogP) is 5.81. The summed E-state index contributed by atoms with van der Waals surface area (Å²) in [5, 5.41) is 11.3. The van der Waals surface area contributed by atoms with Crippen molar-refractivity contribution in [1.29, 1.82) is 0 Å². The van der Waals surface area contributed by atoms with Gasteiger partial charge in [-0.25, -0.2) is 4.39 Å². The molecule has 0 spiro atoms. The third kappa shape index (κ3) is 4.12. The van der Waals surface area contributed by atoms with Crippen LogP contribution in [0.5, 0.6) is 0 Å². The summed E-state index contributed by atoms with van der Waals surface area (Å²) in [6, 6.07) is 6.11. The molecule has 2 aromatic carbocycles. The molecule has 1 fully saturated rings. The van der Waals surface area contributed by atoms with Crippen LogP contribution in [0.2, 0.25) is 5.02 Å². The highest BCUT2D eigenvalue weighted by Gasteiger charge is 2.58. The van der Waals surface area contributed by atoms with Crippen molar-refractivity contribution in [2.24, 2.45) is 5.92 Å². The lowest BCUT2D eigenvalue weighted by molar-refractivity contribution is -0.142. The molecule has 0 bridgehead atoms. The second kappa shape index (κ2) is 9.22. The van der Waals surface area contributed by atoms with Gasteiger partial charge < -0.3 is 14.9 Å². The van der Waals surface area contributed by atoms with Crippen molar-refractivity contribution >= 4 is 45.8 Å². The van der Waals surface area contributed by atoms with Crippen molar-refractivity contribution in [3.8, 4) is 0 Å². The Morgan fingerprint density at radius 1 is 1.21 bits per heavy atom. The number of fused-ring (bicyclic) bond motifs is 1. The number of hydrogen-bond donors (Lipinski definition) is 1. The van der Waals surface area contributed by atoms with E-state index in [2.05, 4.69) is 18.7 Å². The minimum atomic E-state index is -4.88. The second-order valence-corrected chi connectivity index (χ2v) is 10.4. The summed E-state index contributed by atoms with van der Waals surface area (Å²) >= 11 is 7.90. The summed E-state index contributed by atoms with van der Waals surface area (Å²) in [5.41, 5.74) is -5.46. The highest BCUT2D eigenvalue weighted by atomic mass is 127. The van der Waals surface area contributed by atoms with Crippen molar-refractivity contribution in [2.45, 2.75) is 44.5 Å². The molecule has 1 atom stereocenters. The van der Waals surface area contributed by atoms with Gasteiger partial charge in [-0.2, -0.15) is 13.2 Å². The quantitative estimate of drug-likeness (QED) is 0.332. The van der Waals surface area contributed by atoms with Crippen LogP contribution in [0.4, 0.5) is 23.2 Å². The monoisotopic (exact) mass is 610 g/mol. The Morgan fingerprint density at radius 2 is 1.85 bits per heavy atom. The molecule has 1 heterocycles. The number of aliphatic hydroxyl groups is 1. The molecule has 0 radical (unpaired) electrons. The van der Waals surface area contributed by atoms with Crippen LogP contribution in [0.3, 0.4) is 0 Å². The largest absolute Gasteiger partial charge is 0.416 e. The molecule has 2 aromatic rings. The molecule has 2 aliphatic rings. The molecule has 4 rings (SSSR count). The van der Waals surface area contributed by atoms with Crippen LogP contribution < -0.4 is 4.90 Å². The molecule has 1 unspecified atom stereocenters. The molecule has 184 valence electrons. The fourth-order valence-electron chi connectivity index (χ4n) is 5.22. The maximum atomic E-state index is 14.9. The Labute approximate surface area is 214 Å². The number of halogens is 6. The maximum Gasteiger partial charge on any atom is 0.416 e. The first-order valence-corrected chi connectivity index (χ1v) is 12.5. The van der Waals surface area contributed by atoms with Gasteiger partial charge >= 0.3 is 6.18 Å². The first kappa shape index (κ1) is 25.7. The lowest BCUT2D eigenvalue weighted by Crippen LogP contribution is -2.50. The van der Waals surface area contributed by atoms with Gasteiger partial charge in [0.05, 0.1) is 21.8 Å². The minimum Gasteiger partial charge on any atom is -0.372 e. The molecule has 4 nitrogen and oxygen atoms in total. The molecule has 0 aromatic heterocycles. The van der Waals surface area contributed by atoms with Gasteiger partial charge in [0.2, 0.25) is 5.60 Å². The highest BCUT2D eigenvalue weighted by Crippen LogP contribution is 2.53. The minimum absolute atomic E-state index is 0.0491. The zero-order valence-electron chi connectivity index (χ0n) is 18.6. The summed E-state index contributed by atoms with van der Waals surface area (Å²) in [4.78, 5) is 17.1. The van der Waals surface area contributed by atoms with E-state index < -0.39 is 40.2 Å². The lowest BCUT2D eigenvalue weighted by atomic mass is 9.78. The van der Waals surface area contributed by atoms with E-state index in [1.165, 1.54) is 23.1 Å². The fourth-order valence-corrected chi connectivity index (χ4v) is 6.13. The van der Waals surface area contributed by atoms with E-state index in [9.17, 15) is 27.5 Å². The number of anilines is 1. The molecule has 34 heavy (non-hydrogen) atoms. The van der Waals surface area contributed by atoms with E-state index in [-0.39, 0.29) is 26.7 Å². The number of hydrogen-bond acceptors (Lipinski definition) is 3. The topological polar surface area (TPSA) is 43.8 Å². The van der Waals surface area contributed by atoms with E-state index in [0.717, 1.165) is 38.1 Å².